The average Bonchev–Trinajstić information content (AvgIpc) is 2.74. The van der Waals surface area contributed by atoms with Crippen molar-refractivity contribution in [1.29, 1.82) is 0 Å². The molecule has 0 aromatic heterocycles. The molecule has 2 aromatic rings. The molecule has 1 aliphatic rings. The maximum Gasteiger partial charge on any atom is 0.243 e. The van der Waals surface area contributed by atoms with Gasteiger partial charge in [0.25, 0.3) is 0 Å². The molecule has 0 unspecified atom stereocenters. The lowest BCUT2D eigenvalue weighted by atomic mass is 10.2. The molecule has 9 heteroatoms. The number of nitrogens with one attached hydrogen (secondary N) is 1. The van der Waals surface area contributed by atoms with E-state index in [2.05, 4.69) is 5.32 Å². The fraction of sp³-hybridized carbons (Fsp3) is 0.381. The first-order valence-electron chi connectivity index (χ1n) is 9.85. The van der Waals surface area contributed by atoms with Gasteiger partial charge in [-0.05, 0) is 42.8 Å². The Morgan fingerprint density at radius 1 is 1.07 bits per heavy atom. The van der Waals surface area contributed by atoms with E-state index in [0.29, 0.717) is 50.1 Å². The number of ether oxygens (including phenoxy) is 1. The highest BCUT2D eigenvalue weighted by Crippen LogP contribution is 2.21. The summed E-state index contributed by atoms with van der Waals surface area (Å²) < 4.78 is 32.5. The number of piperazine rings is 1. The minimum Gasteiger partial charge on any atom is -0.494 e. The van der Waals surface area contributed by atoms with Crippen LogP contribution in [0, 0.1) is 0 Å². The van der Waals surface area contributed by atoms with Crippen molar-refractivity contribution in [1.82, 2.24) is 14.5 Å². The van der Waals surface area contributed by atoms with Gasteiger partial charge in [0.2, 0.25) is 15.9 Å². The Morgan fingerprint density at radius 2 is 1.73 bits per heavy atom. The molecule has 0 atom stereocenters. The molecule has 1 N–H and O–H groups in total. The summed E-state index contributed by atoms with van der Waals surface area (Å²) in [6, 6.07) is 13.8. The Hall–Kier alpha value is -2.13. The van der Waals surface area contributed by atoms with Crippen molar-refractivity contribution in [3.8, 4) is 5.75 Å². The minimum atomic E-state index is -3.56. The van der Waals surface area contributed by atoms with Gasteiger partial charge in [-0.25, -0.2) is 8.42 Å². The Kier molecular flexibility index (Phi) is 7.71. The zero-order valence-electron chi connectivity index (χ0n) is 16.9. The minimum absolute atomic E-state index is 0.113. The van der Waals surface area contributed by atoms with Crippen LogP contribution in [0.1, 0.15) is 12.5 Å². The van der Waals surface area contributed by atoms with Crippen LogP contribution in [0.5, 0.6) is 5.75 Å². The molecule has 0 bridgehead atoms. The number of halogens is 1. The molecule has 1 aliphatic heterocycles. The molecule has 0 saturated carbocycles. The zero-order valence-corrected chi connectivity index (χ0v) is 18.5. The second kappa shape index (κ2) is 10.3. The first-order chi connectivity index (χ1) is 14.4. The Morgan fingerprint density at radius 3 is 2.37 bits per heavy atom. The quantitative estimate of drug-likeness (QED) is 0.666. The van der Waals surface area contributed by atoms with Gasteiger partial charge in [0, 0.05) is 37.7 Å². The number of carbonyl (C=O) groups is 1. The lowest BCUT2D eigenvalue weighted by molar-refractivity contribution is -0.122. The summed E-state index contributed by atoms with van der Waals surface area (Å²) in [6.45, 7) is 4.67. The molecule has 7 nitrogen and oxygen atoms in total. The van der Waals surface area contributed by atoms with Crippen LogP contribution >= 0.6 is 11.6 Å². The number of carbonyl (C=O) groups excluding carboxylic acids is 1. The first-order valence-corrected chi connectivity index (χ1v) is 11.7. The predicted molar refractivity (Wildman–Crippen MR) is 116 cm³/mol. The lowest BCUT2D eigenvalue weighted by Gasteiger charge is -2.33. The summed E-state index contributed by atoms with van der Waals surface area (Å²) in [5, 5.41) is 3.48. The van der Waals surface area contributed by atoms with Gasteiger partial charge in [-0.1, -0.05) is 29.8 Å². The lowest BCUT2D eigenvalue weighted by Crippen LogP contribution is -2.50. The number of hydrogen-bond acceptors (Lipinski definition) is 5. The Balaban J connectivity index is 1.49. The number of nitrogens with zero attached hydrogens (tertiary/aromatic N) is 2. The summed E-state index contributed by atoms with van der Waals surface area (Å²) in [6.07, 6.45) is 0. The van der Waals surface area contributed by atoms with Crippen molar-refractivity contribution in [3.63, 3.8) is 0 Å². The third kappa shape index (κ3) is 5.72. The molecule has 0 aliphatic carbocycles. The maximum atomic E-state index is 12.9. The average molecular weight is 452 g/mol. The summed E-state index contributed by atoms with van der Waals surface area (Å²) in [7, 11) is -3.56. The molecule has 1 fully saturated rings. The fourth-order valence-electron chi connectivity index (χ4n) is 3.25. The molecule has 3 rings (SSSR count). The Bertz CT molecular complexity index is 958. The normalized spacial score (nSPS) is 15.7. The van der Waals surface area contributed by atoms with E-state index in [9.17, 15) is 13.2 Å². The highest BCUT2D eigenvalue weighted by Gasteiger charge is 2.29. The Labute approximate surface area is 182 Å². The van der Waals surface area contributed by atoms with Gasteiger partial charge in [0.05, 0.1) is 18.0 Å². The summed E-state index contributed by atoms with van der Waals surface area (Å²) in [5.41, 5.74) is 0.860. The van der Waals surface area contributed by atoms with Gasteiger partial charge >= 0.3 is 0 Å². The van der Waals surface area contributed by atoms with Crippen LogP contribution < -0.4 is 10.1 Å². The highest BCUT2D eigenvalue weighted by atomic mass is 35.5. The van der Waals surface area contributed by atoms with Crippen LogP contribution in [0.15, 0.2) is 53.4 Å². The van der Waals surface area contributed by atoms with E-state index in [4.69, 9.17) is 16.3 Å². The SMILES string of the molecule is CCOc1ccc(S(=O)(=O)N2CCN(CC(=O)NCc3ccccc3Cl)CC2)cc1. The molecule has 30 heavy (non-hydrogen) atoms. The van der Waals surface area contributed by atoms with E-state index >= 15 is 0 Å². The van der Waals surface area contributed by atoms with Gasteiger partial charge < -0.3 is 10.1 Å². The van der Waals surface area contributed by atoms with Gasteiger partial charge in [-0.3, -0.25) is 9.69 Å². The molecule has 1 heterocycles. The monoisotopic (exact) mass is 451 g/mol. The predicted octanol–water partition coefficient (Wildman–Crippen LogP) is 2.36. The fourth-order valence-corrected chi connectivity index (χ4v) is 4.87. The second-order valence-corrected chi connectivity index (χ2v) is 9.30. The van der Waals surface area contributed by atoms with Gasteiger partial charge in [-0.15, -0.1) is 0 Å². The number of sulfonamides is 1. The largest absolute Gasteiger partial charge is 0.494 e. The number of benzene rings is 2. The summed E-state index contributed by atoms with van der Waals surface area (Å²) in [5.74, 6) is 0.529. The van der Waals surface area contributed by atoms with E-state index in [1.165, 1.54) is 4.31 Å². The third-order valence-electron chi connectivity index (χ3n) is 4.90. The molecule has 2 aromatic carbocycles. The van der Waals surface area contributed by atoms with Crippen LogP contribution in [0.2, 0.25) is 5.02 Å². The first kappa shape index (κ1) is 22.6. The maximum absolute atomic E-state index is 12.9. The van der Waals surface area contributed by atoms with Crippen LogP contribution in [-0.2, 0) is 21.4 Å². The van der Waals surface area contributed by atoms with Crippen LogP contribution in [-0.4, -0.2) is 62.9 Å². The highest BCUT2D eigenvalue weighted by molar-refractivity contribution is 7.89. The molecule has 162 valence electrons. The van der Waals surface area contributed by atoms with Gasteiger partial charge in [0.1, 0.15) is 5.75 Å². The zero-order chi connectivity index (χ0) is 21.6. The molecule has 1 saturated heterocycles. The molecule has 0 spiro atoms. The van der Waals surface area contributed by atoms with E-state index in [-0.39, 0.29) is 17.3 Å². The van der Waals surface area contributed by atoms with E-state index in [1.807, 2.05) is 30.0 Å². The number of rotatable bonds is 8. The smallest absolute Gasteiger partial charge is 0.243 e. The second-order valence-electron chi connectivity index (χ2n) is 6.95. The number of hydrogen-bond donors (Lipinski definition) is 1. The van der Waals surface area contributed by atoms with E-state index < -0.39 is 10.0 Å². The van der Waals surface area contributed by atoms with Gasteiger partial charge in [-0.2, -0.15) is 4.31 Å². The molecule has 0 radical (unpaired) electrons. The number of amides is 1. The van der Waals surface area contributed by atoms with Crippen molar-refractivity contribution in [2.24, 2.45) is 0 Å². The van der Waals surface area contributed by atoms with Crippen LogP contribution in [0.3, 0.4) is 0 Å². The van der Waals surface area contributed by atoms with E-state index in [1.54, 1.807) is 30.3 Å². The van der Waals surface area contributed by atoms with Crippen molar-refractivity contribution in [2.45, 2.75) is 18.4 Å². The van der Waals surface area contributed by atoms with Crippen molar-refractivity contribution >= 4 is 27.5 Å². The van der Waals surface area contributed by atoms with Gasteiger partial charge in [0.15, 0.2) is 0 Å². The van der Waals surface area contributed by atoms with Crippen molar-refractivity contribution in [2.75, 3.05) is 39.3 Å². The van der Waals surface area contributed by atoms with E-state index in [0.717, 1.165) is 5.56 Å². The molecule has 1 amide bonds. The van der Waals surface area contributed by atoms with Crippen LogP contribution in [0.25, 0.3) is 0 Å². The summed E-state index contributed by atoms with van der Waals surface area (Å²) in [4.78, 5) is 14.4. The van der Waals surface area contributed by atoms with Crippen molar-refractivity contribution in [3.05, 3.63) is 59.1 Å². The summed E-state index contributed by atoms with van der Waals surface area (Å²) >= 11 is 6.10. The molecular formula is C21H26ClN3O4S. The standard InChI is InChI=1S/C21H26ClN3O4S/c1-2-29-18-7-9-19(10-8-18)30(27,28)25-13-11-24(12-14-25)16-21(26)23-15-17-5-3-4-6-20(17)22/h3-10H,2,11-16H2,1H3,(H,23,26). The third-order valence-corrected chi connectivity index (χ3v) is 7.19. The topological polar surface area (TPSA) is 79.0 Å². The molecular weight excluding hydrogens is 426 g/mol. The van der Waals surface area contributed by atoms with Crippen LogP contribution in [0.4, 0.5) is 0 Å². The van der Waals surface area contributed by atoms with Crippen molar-refractivity contribution < 1.29 is 17.9 Å².